The zero-order valence-corrected chi connectivity index (χ0v) is 11.2. The number of rotatable bonds is 7. The summed E-state index contributed by atoms with van der Waals surface area (Å²) in [5.74, 6) is -1.03. The van der Waals surface area contributed by atoms with Gasteiger partial charge in [0.25, 0.3) is 0 Å². The SMILES string of the molecule is COCCNC(=O)N(CCO)c1ccc(C(=O)O)cc1. The van der Waals surface area contributed by atoms with Crippen LogP contribution < -0.4 is 10.2 Å². The smallest absolute Gasteiger partial charge is 0.335 e. The number of nitrogens with one attached hydrogen (secondary N) is 1. The van der Waals surface area contributed by atoms with Gasteiger partial charge in [0, 0.05) is 19.3 Å². The number of ether oxygens (including phenoxy) is 1. The highest BCUT2D eigenvalue weighted by atomic mass is 16.5. The van der Waals surface area contributed by atoms with Gasteiger partial charge in [-0.3, -0.25) is 4.90 Å². The molecule has 0 spiro atoms. The van der Waals surface area contributed by atoms with Crippen LogP contribution in [0.1, 0.15) is 10.4 Å². The highest BCUT2D eigenvalue weighted by molar-refractivity contribution is 5.93. The molecule has 1 aromatic rings. The number of hydrogen-bond acceptors (Lipinski definition) is 4. The summed E-state index contributed by atoms with van der Waals surface area (Å²) >= 11 is 0. The second kappa shape index (κ2) is 8.13. The molecule has 0 heterocycles. The van der Waals surface area contributed by atoms with Gasteiger partial charge < -0.3 is 20.3 Å². The maximum absolute atomic E-state index is 12.0. The minimum Gasteiger partial charge on any atom is -0.478 e. The highest BCUT2D eigenvalue weighted by Crippen LogP contribution is 2.15. The highest BCUT2D eigenvalue weighted by Gasteiger charge is 2.15. The van der Waals surface area contributed by atoms with Crippen LogP contribution in [0.4, 0.5) is 10.5 Å². The summed E-state index contributed by atoms with van der Waals surface area (Å²) in [6.45, 7) is 0.657. The van der Waals surface area contributed by atoms with Crippen LogP contribution in [0, 0.1) is 0 Å². The lowest BCUT2D eigenvalue weighted by Crippen LogP contribution is -2.42. The number of amides is 2. The average Bonchev–Trinajstić information content (AvgIpc) is 2.45. The molecule has 0 saturated carbocycles. The molecule has 0 fully saturated rings. The number of aliphatic hydroxyl groups excluding tert-OH is 1. The Morgan fingerprint density at radius 1 is 1.30 bits per heavy atom. The lowest BCUT2D eigenvalue weighted by atomic mass is 10.2. The zero-order chi connectivity index (χ0) is 15.0. The van der Waals surface area contributed by atoms with Gasteiger partial charge in [0.1, 0.15) is 0 Å². The fourth-order valence-corrected chi connectivity index (χ4v) is 1.59. The number of anilines is 1. The normalized spacial score (nSPS) is 10.1. The van der Waals surface area contributed by atoms with Crippen molar-refractivity contribution >= 4 is 17.7 Å². The van der Waals surface area contributed by atoms with Crippen molar-refractivity contribution in [3.05, 3.63) is 29.8 Å². The number of methoxy groups -OCH3 is 1. The Balaban J connectivity index is 2.78. The van der Waals surface area contributed by atoms with Crippen molar-refractivity contribution in [3.63, 3.8) is 0 Å². The van der Waals surface area contributed by atoms with Crippen molar-refractivity contribution in [3.8, 4) is 0 Å². The zero-order valence-electron chi connectivity index (χ0n) is 11.2. The Morgan fingerprint density at radius 3 is 2.45 bits per heavy atom. The lowest BCUT2D eigenvalue weighted by molar-refractivity contribution is 0.0697. The van der Waals surface area contributed by atoms with Crippen molar-refractivity contribution in [2.45, 2.75) is 0 Å². The van der Waals surface area contributed by atoms with Crippen LogP contribution >= 0.6 is 0 Å². The molecule has 3 N–H and O–H groups in total. The van der Waals surface area contributed by atoms with E-state index < -0.39 is 5.97 Å². The van der Waals surface area contributed by atoms with Crippen molar-refractivity contribution in [2.75, 3.05) is 38.3 Å². The lowest BCUT2D eigenvalue weighted by Gasteiger charge is -2.22. The Hall–Kier alpha value is -2.12. The van der Waals surface area contributed by atoms with Crippen LogP contribution in [0.5, 0.6) is 0 Å². The molecule has 0 radical (unpaired) electrons. The largest absolute Gasteiger partial charge is 0.478 e. The first-order valence-electron chi connectivity index (χ1n) is 6.08. The molecule has 7 heteroatoms. The third kappa shape index (κ3) is 4.52. The molecular formula is C13H18N2O5. The van der Waals surface area contributed by atoms with E-state index in [1.165, 1.54) is 36.3 Å². The topological polar surface area (TPSA) is 99.1 Å². The molecule has 1 aromatic carbocycles. The van der Waals surface area contributed by atoms with Gasteiger partial charge in [-0.25, -0.2) is 9.59 Å². The quantitative estimate of drug-likeness (QED) is 0.634. The maximum Gasteiger partial charge on any atom is 0.335 e. The maximum atomic E-state index is 12.0. The number of aliphatic hydroxyl groups is 1. The predicted molar refractivity (Wildman–Crippen MR) is 73.1 cm³/mol. The van der Waals surface area contributed by atoms with E-state index in [1.54, 1.807) is 0 Å². The predicted octanol–water partition coefficient (Wildman–Crippen LogP) is 0.540. The fourth-order valence-electron chi connectivity index (χ4n) is 1.59. The van der Waals surface area contributed by atoms with Crippen LogP contribution in [0.25, 0.3) is 0 Å². The van der Waals surface area contributed by atoms with Gasteiger partial charge in [-0.05, 0) is 24.3 Å². The van der Waals surface area contributed by atoms with E-state index in [9.17, 15) is 9.59 Å². The molecule has 0 aliphatic rings. The van der Waals surface area contributed by atoms with Crippen molar-refractivity contribution in [1.29, 1.82) is 0 Å². The second-order valence-electron chi connectivity index (χ2n) is 3.95. The van der Waals surface area contributed by atoms with E-state index in [0.29, 0.717) is 18.8 Å². The Morgan fingerprint density at radius 2 is 1.95 bits per heavy atom. The Kier molecular flexibility index (Phi) is 6.48. The molecule has 0 aliphatic carbocycles. The number of nitrogens with zero attached hydrogens (tertiary/aromatic N) is 1. The first-order valence-corrected chi connectivity index (χ1v) is 6.08. The molecule has 0 atom stereocenters. The summed E-state index contributed by atoms with van der Waals surface area (Å²) in [6, 6.07) is 5.48. The molecule has 1 rings (SSSR count). The summed E-state index contributed by atoms with van der Waals surface area (Å²) in [5, 5.41) is 20.5. The number of urea groups is 1. The van der Waals surface area contributed by atoms with Gasteiger partial charge in [-0.2, -0.15) is 0 Å². The molecule has 0 bridgehead atoms. The Labute approximate surface area is 116 Å². The first kappa shape index (κ1) is 15.9. The molecule has 0 aliphatic heterocycles. The molecular weight excluding hydrogens is 264 g/mol. The number of carbonyl (C=O) groups is 2. The van der Waals surface area contributed by atoms with E-state index in [-0.39, 0.29) is 24.7 Å². The summed E-state index contributed by atoms with van der Waals surface area (Å²) in [5.41, 5.74) is 0.649. The third-order valence-electron chi connectivity index (χ3n) is 2.58. The molecule has 0 unspecified atom stereocenters. The van der Waals surface area contributed by atoms with Crippen LogP contribution in [-0.2, 0) is 4.74 Å². The van der Waals surface area contributed by atoms with E-state index in [1.807, 2.05) is 0 Å². The number of carboxylic acids is 1. The summed E-state index contributed by atoms with van der Waals surface area (Å²) < 4.78 is 4.83. The average molecular weight is 282 g/mol. The van der Waals surface area contributed by atoms with Gasteiger partial charge in [0.15, 0.2) is 0 Å². The van der Waals surface area contributed by atoms with Gasteiger partial charge >= 0.3 is 12.0 Å². The number of aromatic carboxylic acids is 1. The van der Waals surface area contributed by atoms with Crippen LogP contribution in [-0.4, -0.2) is 55.6 Å². The molecule has 7 nitrogen and oxygen atoms in total. The number of hydrogen-bond donors (Lipinski definition) is 3. The third-order valence-corrected chi connectivity index (χ3v) is 2.58. The minimum absolute atomic E-state index is 0.116. The van der Waals surface area contributed by atoms with Crippen LogP contribution in [0.2, 0.25) is 0 Å². The second-order valence-corrected chi connectivity index (χ2v) is 3.95. The van der Waals surface area contributed by atoms with E-state index in [2.05, 4.69) is 5.32 Å². The van der Waals surface area contributed by atoms with Gasteiger partial charge in [0.05, 0.1) is 25.3 Å². The van der Waals surface area contributed by atoms with Gasteiger partial charge in [-0.15, -0.1) is 0 Å². The summed E-state index contributed by atoms with van der Waals surface area (Å²) in [6.07, 6.45) is 0. The first-order chi connectivity index (χ1) is 9.60. The fraction of sp³-hybridized carbons (Fsp3) is 0.385. The van der Waals surface area contributed by atoms with Crippen molar-refractivity contribution in [1.82, 2.24) is 5.32 Å². The molecule has 20 heavy (non-hydrogen) atoms. The number of benzene rings is 1. The minimum atomic E-state index is -1.03. The molecule has 0 saturated heterocycles. The molecule has 110 valence electrons. The van der Waals surface area contributed by atoms with Crippen molar-refractivity contribution < 1.29 is 24.5 Å². The molecule has 0 aromatic heterocycles. The Bertz CT molecular complexity index is 447. The van der Waals surface area contributed by atoms with Gasteiger partial charge in [0.2, 0.25) is 0 Å². The van der Waals surface area contributed by atoms with E-state index >= 15 is 0 Å². The van der Waals surface area contributed by atoms with Crippen LogP contribution in [0.15, 0.2) is 24.3 Å². The summed E-state index contributed by atoms with van der Waals surface area (Å²) in [7, 11) is 1.53. The van der Waals surface area contributed by atoms with Crippen molar-refractivity contribution in [2.24, 2.45) is 0 Å². The van der Waals surface area contributed by atoms with E-state index in [4.69, 9.17) is 14.9 Å². The summed E-state index contributed by atoms with van der Waals surface area (Å²) in [4.78, 5) is 24.1. The monoisotopic (exact) mass is 282 g/mol. The van der Waals surface area contributed by atoms with Gasteiger partial charge in [-0.1, -0.05) is 0 Å². The number of carbonyl (C=O) groups excluding carboxylic acids is 1. The van der Waals surface area contributed by atoms with Crippen LogP contribution in [0.3, 0.4) is 0 Å². The standard InChI is InChI=1S/C13H18N2O5/c1-20-9-6-14-13(19)15(7-8-16)11-4-2-10(3-5-11)12(17)18/h2-5,16H,6-9H2,1H3,(H,14,19)(H,17,18). The van der Waals surface area contributed by atoms with E-state index in [0.717, 1.165) is 0 Å². The number of carboxylic acid groups (broad SMARTS) is 1. The molecule has 2 amide bonds.